The van der Waals surface area contributed by atoms with Crippen LogP contribution in [0.3, 0.4) is 0 Å². The van der Waals surface area contributed by atoms with Crippen molar-refractivity contribution in [3.63, 3.8) is 0 Å². The molecule has 1 rings (SSSR count). The fraction of sp³-hybridized carbons (Fsp3) is 0.667. The van der Waals surface area contributed by atoms with E-state index in [0.717, 1.165) is 18.2 Å². The number of rotatable bonds is 6. The molecule has 0 atom stereocenters. The van der Waals surface area contributed by atoms with Crippen LogP contribution >= 0.6 is 12.2 Å². The molecule has 0 fully saturated rings. The van der Waals surface area contributed by atoms with Crippen molar-refractivity contribution in [1.29, 1.82) is 0 Å². The van der Waals surface area contributed by atoms with E-state index in [1.807, 2.05) is 10.8 Å². The molecule has 4 heteroatoms. The van der Waals surface area contributed by atoms with E-state index < -0.39 is 0 Å². The van der Waals surface area contributed by atoms with Gasteiger partial charge < -0.3 is 4.90 Å². The molecule has 0 radical (unpaired) electrons. The third kappa shape index (κ3) is 3.93. The summed E-state index contributed by atoms with van der Waals surface area (Å²) in [5.41, 5.74) is 0. The molecule has 1 aromatic heterocycles. The summed E-state index contributed by atoms with van der Waals surface area (Å²) < 4.78 is 1.92. The summed E-state index contributed by atoms with van der Waals surface area (Å²) in [6, 6.07) is 0. The van der Waals surface area contributed by atoms with Crippen LogP contribution in [0.2, 0.25) is 0 Å². The minimum atomic E-state index is 0.874. The SMILES string of the molecule is CCCCN(CCCC)C(=S)n1ccnc1. The third-order valence-corrected chi connectivity index (χ3v) is 3.03. The first-order valence-corrected chi connectivity index (χ1v) is 6.47. The van der Waals surface area contributed by atoms with Crippen molar-refractivity contribution >= 4 is 17.3 Å². The molecular weight excluding hydrogens is 218 g/mol. The van der Waals surface area contributed by atoms with Gasteiger partial charge in [-0.2, -0.15) is 0 Å². The summed E-state index contributed by atoms with van der Waals surface area (Å²) in [7, 11) is 0. The average Bonchev–Trinajstić information content (AvgIpc) is 2.82. The van der Waals surface area contributed by atoms with Gasteiger partial charge in [-0.15, -0.1) is 0 Å². The molecule has 16 heavy (non-hydrogen) atoms. The molecule has 0 aromatic carbocycles. The molecule has 0 amide bonds. The maximum absolute atomic E-state index is 5.47. The number of thiocarbonyl (C=S) groups is 1. The maximum atomic E-state index is 5.47. The zero-order chi connectivity index (χ0) is 11.8. The quantitative estimate of drug-likeness (QED) is 0.712. The van der Waals surface area contributed by atoms with Crippen molar-refractivity contribution in [3.05, 3.63) is 18.7 Å². The van der Waals surface area contributed by atoms with Crippen LogP contribution < -0.4 is 0 Å². The Morgan fingerprint density at radius 1 is 1.25 bits per heavy atom. The standard InChI is InChI=1S/C12H21N3S/c1-3-5-8-14(9-6-4-2)12(16)15-10-7-13-11-15/h7,10-11H,3-6,8-9H2,1-2H3. The lowest BCUT2D eigenvalue weighted by Crippen LogP contribution is -2.35. The van der Waals surface area contributed by atoms with Crippen molar-refractivity contribution < 1.29 is 0 Å². The lowest BCUT2D eigenvalue weighted by molar-refractivity contribution is 0.394. The van der Waals surface area contributed by atoms with Gasteiger partial charge in [0, 0.05) is 25.5 Å². The predicted octanol–water partition coefficient (Wildman–Crippen LogP) is 2.92. The zero-order valence-electron chi connectivity index (χ0n) is 10.2. The van der Waals surface area contributed by atoms with Gasteiger partial charge in [0.2, 0.25) is 0 Å². The van der Waals surface area contributed by atoms with Crippen molar-refractivity contribution in [1.82, 2.24) is 14.5 Å². The molecule has 90 valence electrons. The summed E-state index contributed by atoms with van der Waals surface area (Å²) >= 11 is 5.47. The summed E-state index contributed by atoms with van der Waals surface area (Å²) in [5, 5.41) is 0.874. The third-order valence-electron chi connectivity index (χ3n) is 2.56. The maximum Gasteiger partial charge on any atom is 0.181 e. The minimum absolute atomic E-state index is 0.874. The smallest absolute Gasteiger partial charge is 0.181 e. The highest BCUT2D eigenvalue weighted by Crippen LogP contribution is 2.03. The van der Waals surface area contributed by atoms with Gasteiger partial charge in [0.15, 0.2) is 5.11 Å². The Hall–Kier alpha value is -0.900. The largest absolute Gasteiger partial charge is 0.349 e. The van der Waals surface area contributed by atoms with Crippen LogP contribution in [0.5, 0.6) is 0 Å². The second-order valence-corrected chi connectivity index (χ2v) is 4.31. The first-order valence-electron chi connectivity index (χ1n) is 6.06. The average molecular weight is 239 g/mol. The lowest BCUT2D eigenvalue weighted by atomic mass is 10.3. The van der Waals surface area contributed by atoms with E-state index in [4.69, 9.17) is 12.2 Å². The van der Waals surface area contributed by atoms with E-state index in [1.165, 1.54) is 25.7 Å². The normalized spacial score (nSPS) is 10.4. The number of hydrogen-bond donors (Lipinski definition) is 0. The molecule has 0 unspecified atom stereocenters. The highest BCUT2D eigenvalue weighted by molar-refractivity contribution is 7.80. The van der Waals surface area contributed by atoms with Crippen LogP contribution in [-0.4, -0.2) is 32.7 Å². The summed E-state index contributed by atoms with van der Waals surface area (Å²) in [5.74, 6) is 0. The molecule has 0 N–H and O–H groups in total. The van der Waals surface area contributed by atoms with Crippen LogP contribution in [0.4, 0.5) is 0 Å². The number of imidazole rings is 1. The number of hydrogen-bond acceptors (Lipinski definition) is 2. The van der Waals surface area contributed by atoms with Gasteiger partial charge >= 0.3 is 0 Å². The second-order valence-electron chi connectivity index (χ2n) is 3.95. The number of nitrogens with zero attached hydrogens (tertiary/aromatic N) is 3. The number of unbranched alkanes of at least 4 members (excludes halogenated alkanes) is 2. The lowest BCUT2D eigenvalue weighted by Gasteiger charge is -2.25. The Labute approximate surface area is 103 Å². The van der Waals surface area contributed by atoms with Crippen LogP contribution in [0.25, 0.3) is 0 Å². The van der Waals surface area contributed by atoms with Gasteiger partial charge in [-0.1, -0.05) is 26.7 Å². The molecule has 0 saturated heterocycles. The Balaban J connectivity index is 2.56. The van der Waals surface area contributed by atoms with Crippen LogP contribution in [0.1, 0.15) is 39.5 Å². The summed E-state index contributed by atoms with van der Waals surface area (Å²) in [4.78, 5) is 6.32. The first kappa shape index (κ1) is 13.2. The first-order chi connectivity index (χ1) is 7.79. The molecule has 0 bridgehead atoms. The number of aromatic nitrogens is 2. The van der Waals surface area contributed by atoms with Crippen molar-refractivity contribution in [2.45, 2.75) is 39.5 Å². The molecule has 0 saturated carbocycles. The molecule has 3 nitrogen and oxygen atoms in total. The zero-order valence-corrected chi connectivity index (χ0v) is 11.0. The van der Waals surface area contributed by atoms with E-state index >= 15 is 0 Å². The topological polar surface area (TPSA) is 21.1 Å². The molecule has 0 spiro atoms. The summed E-state index contributed by atoms with van der Waals surface area (Å²) in [6.07, 6.45) is 10.2. The Morgan fingerprint density at radius 3 is 2.31 bits per heavy atom. The van der Waals surface area contributed by atoms with Gasteiger partial charge in [0.1, 0.15) is 6.33 Å². The molecule has 0 aliphatic rings. The van der Waals surface area contributed by atoms with Gasteiger partial charge in [-0.3, -0.25) is 4.57 Å². The van der Waals surface area contributed by atoms with Gasteiger partial charge in [0.25, 0.3) is 0 Å². The van der Waals surface area contributed by atoms with E-state index in [0.29, 0.717) is 0 Å². The molecular formula is C12H21N3S. The molecule has 1 aromatic rings. The van der Waals surface area contributed by atoms with E-state index in [2.05, 4.69) is 23.7 Å². The highest BCUT2D eigenvalue weighted by atomic mass is 32.1. The van der Waals surface area contributed by atoms with Crippen LogP contribution in [0.15, 0.2) is 18.7 Å². The minimum Gasteiger partial charge on any atom is -0.349 e. The van der Waals surface area contributed by atoms with Crippen molar-refractivity contribution in [2.75, 3.05) is 13.1 Å². The van der Waals surface area contributed by atoms with Crippen molar-refractivity contribution in [2.24, 2.45) is 0 Å². The second kappa shape index (κ2) is 7.39. The monoisotopic (exact) mass is 239 g/mol. The van der Waals surface area contributed by atoms with Crippen LogP contribution in [-0.2, 0) is 0 Å². The van der Waals surface area contributed by atoms with Crippen molar-refractivity contribution in [3.8, 4) is 0 Å². The fourth-order valence-corrected chi connectivity index (χ4v) is 1.83. The Kier molecular flexibility index (Phi) is 6.08. The molecule has 0 aliphatic heterocycles. The van der Waals surface area contributed by atoms with E-state index in [1.54, 1.807) is 12.5 Å². The Bertz CT molecular complexity index is 287. The predicted molar refractivity (Wildman–Crippen MR) is 71.6 cm³/mol. The summed E-state index contributed by atoms with van der Waals surface area (Å²) in [6.45, 7) is 6.51. The van der Waals surface area contributed by atoms with Crippen LogP contribution in [0, 0.1) is 0 Å². The Morgan fingerprint density at radius 2 is 1.88 bits per heavy atom. The molecule has 1 heterocycles. The molecule has 0 aliphatic carbocycles. The van der Waals surface area contributed by atoms with Gasteiger partial charge in [0.05, 0.1) is 0 Å². The van der Waals surface area contributed by atoms with Gasteiger partial charge in [-0.05, 0) is 25.1 Å². The van der Waals surface area contributed by atoms with E-state index in [9.17, 15) is 0 Å². The van der Waals surface area contributed by atoms with E-state index in [-0.39, 0.29) is 0 Å². The fourth-order valence-electron chi connectivity index (χ4n) is 1.54. The highest BCUT2D eigenvalue weighted by Gasteiger charge is 2.09. The van der Waals surface area contributed by atoms with Gasteiger partial charge in [-0.25, -0.2) is 4.98 Å².